The SMILES string of the molecule is CN(CC1(O)CCOCC1)C(=O)N1CCCCC1. The van der Waals surface area contributed by atoms with E-state index in [-0.39, 0.29) is 6.03 Å². The van der Waals surface area contributed by atoms with Crippen LogP contribution in [0.15, 0.2) is 0 Å². The van der Waals surface area contributed by atoms with Gasteiger partial charge in [0.2, 0.25) is 0 Å². The molecule has 0 saturated carbocycles. The molecule has 2 aliphatic heterocycles. The maximum absolute atomic E-state index is 12.2. The zero-order valence-electron chi connectivity index (χ0n) is 11.2. The molecule has 0 aromatic carbocycles. The first-order valence-corrected chi connectivity index (χ1v) is 6.91. The Labute approximate surface area is 109 Å². The largest absolute Gasteiger partial charge is 0.388 e. The first kappa shape index (κ1) is 13.6. The number of amides is 2. The Balaban J connectivity index is 1.85. The van der Waals surface area contributed by atoms with E-state index in [4.69, 9.17) is 4.74 Å². The number of piperidine rings is 1. The topological polar surface area (TPSA) is 53.0 Å². The van der Waals surface area contributed by atoms with Gasteiger partial charge in [0.05, 0.1) is 12.1 Å². The Hall–Kier alpha value is -0.810. The number of aliphatic hydroxyl groups is 1. The molecule has 0 bridgehead atoms. The molecule has 104 valence electrons. The summed E-state index contributed by atoms with van der Waals surface area (Å²) in [5.41, 5.74) is -0.765. The summed E-state index contributed by atoms with van der Waals surface area (Å²) >= 11 is 0. The van der Waals surface area contributed by atoms with E-state index in [2.05, 4.69) is 0 Å². The second-order valence-electron chi connectivity index (χ2n) is 5.52. The summed E-state index contributed by atoms with van der Waals surface area (Å²) in [7, 11) is 1.78. The number of carbonyl (C=O) groups is 1. The molecule has 1 N–H and O–H groups in total. The third kappa shape index (κ3) is 3.36. The molecule has 0 aliphatic carbocycles. The van der Waals surface area contributed by atoms with E-state index in [1.165, 1.54) is 6.42 Å². The molecular weight excluding hydrogens is 232 g/mol. The second kappa shape index (κ2) is 5.89. The van der Waals surface area contributed by atoms with Gasteiger partial charge >= 0.3 is 6.03 Å². The molecule has 5 heteroatoms. The molecule has 2 aliphatic rings. The van der Waals surface area contributed by atoms with E-state index in [1.807, 2.05) is 4.90 Å². The van der Waals surface area contributed by atoms with Gasteiger partial charge in [0.1, 0.15) is 0 Å². The Morgan fingerprint density at radius 3 is 2.50 bits per heavy atom. The molecule has 2 amide bonds. The van der Waals surface area contributed by atoms with Gasteiger partial charge in [-0.15, -0.1) is 0 Å². The van der Waals surface area contributed by atoms with Crippen LogP contribution in [0.25, 0.3) is 0 Å². The third-order valence-electron chi connectivity index (χ3n) is 3.91. The number of nitrogens with zero attached hydrogens (tertiary/aromatic N) is 2. The number of ether oxygens (including phenoxy) is 1. The highest BCUT2D eigenvalue weighted by Crippen LogP contribution is 2.22. The van der Waals surface area contributed by atoms with Crippen LogP contribution in [-0.4, -0.2) is 66.4 Å². The zero-order chi connectivity index (χ0) is 13.0. The van der Waals surface area contributed by atoms with E-state index >= 15 is 0 Å². The molecule has 0 aromatic rings. The van der Waals surface area contributed by atoms with Crippen molar-refractivity contribution >= 4 is 6.03 Å². The van der Waals surface area contributed by atoms with Crippen molar-refractivity contribution < 1.29 is 14.6 Å². The van der Waals surface area contributed by atoms with Crippen molar-refractivity contribution in [1.82, 2.24) is 9.80 Å². The van der Waals surface area contributed by atoms with Gasteiger partial charge in [0.15, 0.2) is 0 Å². The van der Waals surface area contributed by atoms with Gasteiger partial charge in [0, 0.05) is 46.2 Å². The standard InChI is InChI=1S/C13H24N2O3/c1-14(11-13(17)5-9-18-10-6-13)12(16)15-7-3-2-4-8-15/h17H,2-11H2,1H3. The molecule has 2 fully saturated rings. The normalized spacial score (nSPS) is 23.8. The minimum absolute atomic E-state index is 0.0506. The van der Waals surface area contributed by atoms with Crippen LogP contribution in [0.3, 0.4) is 0 Å². The number of likely N-dealkylation sites (N-methyl/N-ethyl adjacent to an activating group) is 1. The number of urea groups is 1. The average Bonchev–Trinajstić information content (AvgIpc) is 2.39. The van der Waals surface area contributed by atoms with Crippen molar-refractivity contribution in [3.05, 3.63) is 0 Å². The summed E-state index contributed by atoms with van der Waals surface area (Å²) in [5.74, 6) is 0. The molecule has 2 saturated heterocycles. The van der Waals surface area contributed by atoms with Crippen LogP contribution in [0.2, 0.25) is 0 Å². The Kier molecular flexibility index (Phi) is 4.45. The van der Waals surface area contributed by atoms with Crippen LogP contribution in [0.1, 0.15) is 32.1 Å². The van der Waals surface area contributed by atoms with Crippen molar-refractivity contribution in [2.45, 2.75) is 37.7 Å². The van der Waals surface area contributed by atoms with Crippen molar-refractivity contribution in [3.63, 3.8) is 0 Å². The monoisotopic (exact) mass is 256 g/mol. The molecule has 0 unspecified atom stereocenters. The minimum Gasteiger partial charge on any atom is -0.388 e. The Morgan fingerprint density at radius 2 is 1.89 bits per heavy atom. The third-order valence-corrected chi connectivity index (χ3v) is 3.91. The van der Waals surface area contributed by atoms with E-state index < -0.39 is 5.60 Å². The van der Waals surface area contributed by atoms with Crippen LogP contribution in [0.4, 0.5) is 4.79 Å². The highest BCUT2D eigenvalue weighted by atomic mass is 16.5. The lowest BCUT2D eigenvalue weighted by Crippen LogP contribution is -2.51. The van der Waals surface area contributed by atoms with Gasteiger partial charge in [-0.3, -0.25) is 0 Å². The zero-order valence-corrected chi connectivity index (χ0v) is 11.2. The van der Waals surface area contributed by atoms with E-state index in [0.29, 0.717) is 32.6 Å². The van der Waals surface area contributed by atoms with Crippen LogP contribution in [0, 0.1) is 0 Å². The predicted octanol–water partition coefficient (Wildman–Crippen LogP) is 1.07. The molecule has 0 aromatic heterocycles. The lowest BCUT2D eigenvalue weighted by Gasteiger charge is -2.38. The minimum atomic E-state index is -0.765. The molecule has 5 nitrogen and oxygen atoms in total. The Bertz CT molecular complexity index is 284. The average molecular weight is 256 g/mol. The first-order valence-electron chi connectivity index (χ1n) is 6.91. The first-order chi connectivity index (χ1) is 8.61. The van der Waals surface area contributed by atoms with Crippen molar-refractivity contribution in [1.29, 1.82) is 0 Å². The Morgan fingerprint density at radius 1 is 1.28 bits per heavy atom. The fourth-order valence-corrected chi connectivity index (χ4v) is 2.75. The molecule has 0 radical (unpaired) electrons. The van der Waals surface area contributed by atoms with Crippen LogP contribution < -0.4 is 0 Å². The summed E-state index contributed by atoms with van der Waals surface area (Å²) in [6, 6.07) is 0.0506. The lowest BCUT2D eigenvalue weighted by molar-refractivity contribution is -0.0735. The number of carbonyl (C=O) groups excluding carboxylic acids is 1. The molecule has 0 atom stereocenters. The van der Waals surface area contributed by atoms with Gasteiger partial charge in [0.25, 0.3) is 0 Å². The number of rotatable bonds is 2. The van der Waals surface area contributed by atoms with Gasteiger partial charge in [-0.2, -0.15) is 0 Å². The number of likely N-dealkylation sites (tertiary alicyclic amines) is 1. The van der Waals surface area contributed by atoms with Gasteiger partial charge in [-0.25, -0.2) is 4.79 Å². The van der Waals surface area contributed by atoms with Crippen molar-refractivity contribution in [3.8, 4) is 0 Å². The molecule has 18 heavy (non-hydrogen) atoms. The quantitative estimate of drug-likeness (QED) is 0.804. The fraction of sp³-hybridized carbons (Fsp3) is 0.923. The van der Waals surface area contributed by atoms with Crippen LogP contribution in [-0.2, 0) is 4.74 Å². The van der Waals surface area contributed by atoms with E-state index in [0.717, 1.165) is 25.9 Å². The van der Waals surface area contributed by atoms with Crippen LogP contribution in [0.5, 0.6) is 0 Å². The summed E-state index contributed by atoms with van der Waals surface area (Å²) in [6.07, 6.45) is 4.64. The maximum atomic E-state index is 12.2. The van der Waals surface area contributed by atoms with Gasteiger partial charge in [-0.1, -0.05) is 0 Å². The van der Waals surface area contributed by atoms with E-state index in [1.54, 1.807) is 11.9 Å². The van der Waals surface area contributed by atoms with Crippen molar-refractivity contribution in [2.24, 2.45) is 0 Å². The lowest BCUT2D eigenvalue weighted by atomic mass is 9.94. The fourth-order valence-electron chi connectivity index (χ4n) is 2.75. The second-order valence-corrected chi connectivity index (χ2v) is 5.52. The summed E-state index contributed by atoms with van der Waals surface area (Å²) in [4.78, 5) is 15.8. The summed E-state index contributed by atoms with van der Waals surface area (Å²) < 4.78 is 5.25. The highest BCUT2D eigenvalue weighted by Gasteiger charge is 2.33. The summed E-state index contributed by atoms with van der Waals surface area (Å²) in [6.45, 7) is 3.28. The number of hydrogen-bond donors (Lipinski definition) is 1. The summed E-state index contributed by atoms with van der Waals surface area (Å²) in [5, 5.41) is 10.4. The van der Waals surface area contributed by atoms with Crippen molar-refractivity contribution in [2.75, 3.05) is 39.9 Å². The van der Waals surface area contributed by atoms with Gasteiger partial charge in [-0.05, 0) is 19.3 Å². The smallest absolute Gasteiger partial charge is 0.319 e. The highest BCUT2D eigenvalue weighted by molar-refractivity contribution is 5.74. The van der Waals surface area contributed by atoms with E-state index in [9.17, 15) is 9.90 Å². The molecule has 2 heterocycles. The molecule has 0 spiro atoms. The maximum Gasteiger partial charge on any atom is 0.319 e. The molecule has 2 rings (SSSR count). The predicted molar refractivity (Wildman–Crippen MR) is 68.5 cm³/mol. The van der Waals surface area contributed by atoms with Crippen LogP contribution >= 0.6 is 0 Å². The molecular formula is C13H24N2O3. The number of hydrogen-bond acceptors (Lipinski definition) is 3. The van der Waals surface area contributed by atoms with Gasteiger partial charge < -0.3 is 19.6 Å².